The molecule has 2 N–H and O–H groups in total. The quantitative estimate of drug-likeness (QED) is 0.839. The van der Waals surface area contributed by atoms with Crippen LogP contribution in [0.1, 0.15) is 38.8 Å². The van der Waals surface area contributed by atoms with E-state index in [1.807, 2.05) is 6.07 Å². The van der Waals surface area contributed by atoms with Gasteiger partial charge in [0.1, 0.15) is 5.82 Å². The van der Waals surface area contributed by atoms with E-state index < -0.39 is 0 Å². The number of nitrogens with one attached hydrogen (secondary N) is 2. The molecule has 0 bridgehead atoms. The van der Waals surface area contributed by atoms with Crippen molar-refractivity contribution in [1.29, 1.82) is 0 Å². The summed E-state index contributed by atoms with van der Waals surface area (Å²) in [6.07, 6.45) is 4.89. The zero-order valence-electron chi connectivity index (χ0n) is 11.4. The van der Waals surface area contributed by atoms with Crippen molar-refractivity contribution in [3.63, 3.8) is 0 Å². The molecule has 2 heterocycles. The normalized spacial score (nSPS) is 20.1. The SMILES string of the molecule is CC(C)Cc1ccc(NCC2CCCCN2)nn1. The fourth-order valence-electron chi connectivity index (χ4n) is 2.31. The van der Waals surface area contributed by atoms with Crippen LogP contribution in [0.25, 0.3) is 0 Å². The maximum atomic E-state index is 4.25. The molecule has 1 fully saturated rings. The van der Waals surface area contributed by atoms with E-state index in [4.69, 9.17) is 0 Å². The van der Waals surface area contributed by atoms with E-state index in [0.29, 0.717) is 12.0 Å². The highest BCUT2D eigenvalue weighted by Gasteiger charge is 2.12. The molecule has 0 aliphatic carbocycles. The van der Waals surface area contributed by atoms with E-state index >= 15 is 0 Å². The third-order valence-corrected chi connectivity index (χ3v) is 3.28. The van der Waals surface area contributed by atoms with E-state index in [1.165, 1.54) is 19.3 Å². The highest BCUT2D eigenvalue weighted by atomic mass is 15.2. The van der Waals surface area contributed by atoms with Crippen molar-refractivity contribution in [2.75, 3.05) is 18.4 Å². The Kier molecular flexibility index (Phi) is 4.93. The molecule has 2 rings (SSSR count). The molecule has 0 saturated carbocycles. The van der Waals surface area contributed by atoms with Gasteiger partial charge in [-0.1, -0.05) is 20.3 Å². The molecule has 4 heteroatoms. The number of aromatic nitrogens is 2. The fourth-order valence-corrected chi connectivity index (χ4v) is 2.31. The number of hydrogen-bond donors (Lipinski definition) is 2. The lowest BCUT2D eigenvalue weighted by atomic mass is 10.1. The number of rotatable bonds is 5. The van der Waals surface area contributed by atoms with Crippen LogP contribution < -0.4 is 10.6 Å². The molecule has 1 aliphatic rings. The second kappa shape index (κ2) is 6.69. The maximum absolute atomic E-state index is 4.25. The molecule has 0 amide bonds. The third-order valence-electron chi connectivity index (χ3n) is 3.28. The Morgan fingerprint density at radius 1 is 1.33 bits per heavy atom. The van der Waals surface area contributed by atoms with Crippen molar-refractivity contribution in [2.24, 2.45) is 5.92 Å². The molecule has 0 aromatic carbocycles. The summed E-state index contributed by atoms with van der Waals surface area (Å²) in [4.78, 5) is 0. The minimum Gasteiger partial charge on any atom is -0.367 e. The van der Waals surface area contributed by atoms with Crippen LogP contribution in [0.4, 0.5) is 5.82 Å². The van der Waals surface area contributed by atoms with Crippen molar-refractivity contribution < 1.29 is 0 Å². The van der Waals surface area contributed by atoms with E-state index in [-0.39, 0.29) is 0 Å². The monoisotopic (exact) mass is 248 g/mol. The zero-order valence-corrected chi connectivity index (χ0v) is 11.4. The van der Waals surface area contributed by atoms with Gasteiger partial charge in [-0.2, -0.15) is 5.10 Å². The Balaban J connectivity index is 1.78. The van der Waals surface area contributed by atoms with Crippen LogP contribution >= 0.6 is 0 Å². The van der Waals surface area contributed by atoms with Crippen LogP contribution in [-0.4, -0.2) is 29.3 Å². The zero-order chi connectivity index (χ0) is 12.8. The Labute approximate surface area is 110 Å². The van der Waals surface area contributed by atoms with Crippen molar-refractivity contribution in [3.8, 4) is 0 Å². The molecule has 1 aliphatic heterocycles. The summed E-state index contributed by atoms with van der Waals surface area (Å²) in [5.74, 6) is 1.51. The highest BCUT2D eigenvalue weighted by molar-refractivity contribution is 5.33. The molecular weight excluding hydrogens is 224 g/mol. The lowest BCUT2D eigenvalue weighted by Gasteiger charge is -2.23. The predicted molar refractivity (Wildman–Crippen MR) is 74.7 cm³/mol. The number of nitrogens with zero attached hydrogens (tertiary/aromatic N) is 2. The van der Waals surface area contributed by atoms with Crippen LogP contribution in [0.15, 0.2) is 12.1 Å². The maximum Gasteiger partial charge on any atom is 0.148 e. The van der Waals surface area contributed by atoms with Gasteiger partial charge in [0.05, 0.1) is 5.69 Å². The molecule has 1 atom stereocenters. The van der Waals surface area contributed by atoms with Gasteiger partial charge in [0.25, 0.3) is 0 Å². The standard InChI is InChI=1S/C14H24N4/c1-11(2)9-12-6-7-14(18-17-12)16-10-13-5-3-4-8-15-13/h6-7,11,13,15H,3-5,8-10H2,1-2H3,(H,16,18). The summed E-state index contributed by atoms with van der Waals surface area (Å²) in [6, 6.07) is 4.69. The smallest absolute Gasteiger partial charge is 0.148 e. The average Bonchev–Trinajstić information content (AvgIpc) is 2.38. The van der Waals surface area contributed by atoms with Gasteiger partial charge in [-0.25, -0.2) is 0 Å². The predicted octanol–water partition coefficient (Wildman–Crippen LogP) is 2.23. The third kappa shape index (κ3) is 4.26. The Morgan fingerprint density at radius 3 is 2.83 bits per heavy atom. The number of hydrogen-bond acceptors (Lipinski definition) is 4. The summed E-state index contributed by atoms with van der Waals surface area (Å²) in [7, 11) is 0. The van der Waals surface area contributed by atoms with Crippen molar-refractivity contribution in [1.82, 2.24) is 15.5 Å². The lowest BCUT2D eigenvalue weighted by molar-refractivity contribution is 0.414. The van der Waals surface area contributed by atoms with Crippen molar-refractivity contribution in [2.45, 2.75) is 45.6 Å². The summed E-state index contributed by atoms with van der Waals surface area (Å²) in [5.41, 5.74) is 1.08. The summed E-state index contributed by atoms with van der Waals surface area (Å²) in [6.45, 7) is 6.48. The Hall–Kier alpha value is -1.16. The van der Waals surface area contributed by atoms with Gasteiger partial charge in [-0.05, 0) is 43.9 Å². The van der Waals surface area contributed by atoms with E-state index in [9.17, 15) is 0 Å². The number of anilines is 1. The van der Waals surface area contributed by atoms with Crippen molar-refractivity contribution in [3.05, 3.63) is 17.8 Å². The molecule has 1 unspecified atom stereocenters. The van der Waals surface area contributed by atoms with Gasteiger partial charge in [0.2, 0.25) is 0 Å². The summed E-state index contributed by atoms with van der Waals surface area (Å²) in [5, 5.41) is 15.4. The highest BCUT2D eigenvalue weighted by Crippen LogP contribution is 2.09. The van der Waals surface area contributed by atoms with Gasteiger partial charge in [-0.3, -0.25) is 0 Å². The molecule has 18 heavy (non-hydrogen) atoms. The first-order chi connectivity index (χ1) is 8.74. The minimum absolute atomic E-state index is 0.580. The van der Waals surface area contributed by atoms with Gasteiger partial charge in [0.15, 0.2) is 0 Å². The molecule has 1 aromatic heterocycles. The lowest BCUT2D eigenvalue weighted by Crippen LogP contribution is -2.39. The molecule has 0 spiro atoms. The summed E-state index contributed by atoms with van der Waals surface area (Å²) < 4.78 is 0. The second-order valence-corrected chi connectivity index (χ2v) is 5.54. The Morgan fingerprint density at radius 2 is 2.22 bits per heavy atom. The van der Waals surface area contributed by atoms with Gasteiger partial charge < -0.3 is 10.6 Å². The average molecular weight is 248 g/mol. The fraction of sp³-hybridized carbons (Fsp3) is 0.714. The van der Waals surface area contributed by atoms with Crippen LogP contribution in [-0.2, 0) is 6.42 Å². The van der Waals surface area contributed by atoms with Crippen LogP contribution in [0.5, 0.6) is 0 Å². The molecule has 4 nitrogen and oxygen atoms in total. The van der Waals surface area contributed by atoms with Gasteiger partial charge in [-0.15, -0.1) is 5.10 Å². The molecule has 1 aromatic rings. The first kappa shape index (κ1) is 13.3. The van der Waals surface area contributed by atoms with Gasteiger partial charge in [0, 0.05) is 12.6 Å². The van der Waals surface area contributed by atoms with E-state index in [0.717, 1.165) is 31.0 Å². The van der Waals surface area contributed by atoms with Gasteiger partial charge >= 0.3 is 0 Å². The summed E-state index contributed by atoms with van der Waals surface area (Å²) >= 11 is 0. The first-order valence-corrected chi connectivity index (χ1v) is 7.04. The molecule has 100 valence electrons. The van der Waals surface area contributed by atoms with E-state index in [2.05, 4.69) is 40.7 Å². The minimum atomic E-state index is 0.580. The van der Waals surface area contributed by atoms with Crippen molar-refractivity contribution >= 4 is 5.82 Å². The van der Waals surface area contributed by atoms with E-state index in [1.54, 1.807) is 0 Å². The Bertz CT molecular complexity index is 341. The van der Waals surface area contributed by atoms with Crippen LogP contribution in [0.3, 0.4) is 0 Å². The first-order valence-electron chi connectivity index (χ1n) is 7.04. The van der Waals surface area contributed by atoms with Crippen LogP contribution in [0, 0.1) is 5.92 Å². The topological polar surface area (TPSA) is 49.8 Å². The molecular formula is C14H24N4. The largest absolute Gasteiger partial charge is 0.367 e. The number of piperidine rings is 1. The molecule has 1 saturated heterocycles. The second-order valence-electron chi connectivity index (χ2n) is 5.54. The molecule has 0 radical (unpaired) electrons. The van der Waals surface area contributed by atoms with Crippen LogP contribution in [0.2, 0.25) is 0 Å².